The fourth-order valence-corrected chi connectivity index (χ4v) is 4.19. The Labute approximate surface area is 182 Å². The Bertz CT molecular complexity index is 1220. The van der Waals surface area contributed by atoms with Crippen LogP contribution in [0.15, 0.2) is 29.2 Å². The van der Waals surface area contributed by atoms with E-state index in [1.807, 2.05) is 6.07 Å². The molecule has 1 fully saturated rings. The molecule has 1 N–H and O–H groups in total. The molecule has 32 heavy (non-hydrogen) atoms. The van der Waals surface area contributed by atoms with Gasteiger partial charge in [0, 0.05) is 19.2 Å². The molecule has 1 aliphatic heterocycles. The summed E-state index contributed by atoms with van der Waals surface area (Å²) in [6.45, 7) is 3.50. The molecule has 1 aliphatic rings. The standard InChI is InChI=1S/C20H18F2N4O5S/c1-3-31-20(28)17-4-12(8-23)18(24-11(17)2)26-9-13(10-26)19(27)25-32(29,30)16-6-14(21)5-15(22)7-16/h4-7,13H,3,9-10H2,1-2H3,(H,25,27). The molecule has 2 heterocycles. The van der Waals surface area contributed by atoms with E-state index in [2.05, 4.69) is 4.98 Å². The number of aromatic nitrogens is 1. The van der Waals surface area contributed by atoms with Gasteiger partial charge in [-0.05, 0) is 32.0 Å². The van der Waals surface area contributed by atoms with Crippen molar-refractivity contribution in [3.8, 4) is 6.07 Å². The van der Waals surface area contributed by atoms with E-state index >= 15 is 0 Å². The molecule has 12 heteroatoms. The van der Waals surface area contributed by atoms with Gasteiger partial charge in [0.25, 0.3) is 10.0 Å². The van der Waals surface area contributed by atoms with Crippen molar-refractivity contribution in [3.63, 3.8) is 0 Å². The lowest BCUT2D eigenvalue weighted by Gasteiger charge is -2.39. The maximum absolute atomic E-state index is 13.3. The van der Waals surface area contributed by atoms with Crippen molar-refractivity contribution in [3.05, 3.63) is 52.7 Å². The minimum absolute atomic E-state index is 0.0543. The first-order chi connectivity index (χ1) is 15.1. The summed E-state index contributed by atoms with van der Waals surface area (Å²) in [4.78, 5) is 29.5. The van der Waals surface area contributed by atoms with Crippen LogP contribution in [0.25, 0.3) is 0 Å². The van der Waals surface area contributed by atoms with Gasteiger partial charge >= 0.3 is 5.97 Å². The number of pyridine rings is 1. The average molecular weight is 464 g/mol. The molecule has 0 saturated carbocycles. The number of halogens is 2. The Morgan fingerprint density at radius 1 is 1.25 bits per heavy atom. The van der Waals surface area contributed by atoms with Crippen LogP contribution in [0, 0.1) is 35.8 Å². The largest absolute Gasteiger partial charge is 0.462 e. The Balaban J connectivity index is 1.72. The van der Waals surface area contributed by atoms with Gasteiger partial charge in [-0.3, -0.25) is 4.79 Å². The van der Waals surface area contributed by atoms with Crippen LogP contribution < -0.4 is 9.62 Å². The van der Waals surface area contributed by atoms with Gasteiger partial charge in [-0.15, -0.1) is 0 Å². The number of rotatable bonds is 6. The number of nitrogens with zero attached hydrogens (tertiary/aromatic N) is 3. The summed E-state index contributed by atoms with van der Waals surface area (Å²) < 4.78 is 57.9. The lowest BCUT2D eigenvalue weighted by Crippen LogP contribution is -2.55. The van der Waals surface area contributed by atoms with Crippen LogP contribution in [-0.2, 0) is 19.6 Å². The normalized spacial score (nSPS) is 13.8. The molecule has 0 atom stereocenters. The topological polar surface area (TPSA) is 129 Å². The number of hydrogen-bond donors (Lipinski definition) is 1. The van der Waals surface area contributed by atoms with Crippen LogP contribution >= 0.6 is 0 Å². The highest BCUT2D eigenvalue weighted by Gasteiger charge is 2.37. The molecule has 0 unspecified atom stereocenters. The Morgan fingerprint density at radius 2 is 1.88 bits per heavy atom. The van der Waals surface area contributed by atoms with Gasteiger partial charge in [-0.2, -0.15) is 5.26 Å². The molecular formula is C20H18F2N4O5S. The van der Waals surface area contributed by atoms with E-state index in [1.54, 1.807) is 23.5 Å². The minimum atomic E-state index is -4.47. The summed E-state index contributed by atoms with van der Waals surface area (Å²) in [5.74, 6) is -4.17. The second kappa shape index (κ2) is 8.88. The third-order valence-corrected chi connectivity index (χ3v) is 6.07. The van der Waals surface area contributed by atoms with Crippen LogP contribution in [0.3, 0.4) is 0 Å². The number of amides is 1. The Hall–Kier alpha value is -3.59. The maximum atomic E-state index is 13.3. The molecule has 0 bridgehead atoms. The third kappa shape index (κ3) is 4.67. The van der Waals surface area contributed by atoms with Crippen LogP contribution in [0.1, 0.15) is 28.5 Å². The lowest BCUT2D eigenvalue weighted by atomic mass is 9.98. The van der Waals surface area contributed by atoms with E-state index in [-0.39, 0.29) is 36.6 Å². The highest BCUT2D eigenvalue weighted by Crippen LogP contribution is 2.28. The molecule has 0 radical (unpaired) electrons. The summed E-state index contributed by atoms with van der Waals surface area (Å²) in [6.07, 6.45) is 0. The van der Waals surface area contributed by atoms with Crippen molar-refractivity contribution in [1.82, 2.24) is 9.71 Å². The molecule has 2 aromatic rings. The monoisotopic (exact) mass is 464 g/mol. The van der Waals surface area contributed by atoms with Gasteiger partial charge in [-0.1, -0.05) is 0 Å². The predicted octanol–water partition coefficient (Wildman–Crippen LogP) is 1.66. The van der Waals surface area contributed by atoms with Gasteiger partial charge < -0.3 is 9.64 Å². The van der Waals surface area contributed by atoms with Crippen molar-refractivity contribution >= 4 is 27.7 Å². The lowest BCUT2D eigenvalue weighted by molar-refractivity contribution is -0.123. The minimum Gasteiger partial charge on any atom is -0.462 e. The van der Waals surface area contributed by atoms with Gasteiger partial charge in [0.15, 0.2) is 0 Å². The SMILES string of the molecule is CCOC(=O)c1cc(C#N)c(N2CC(C(=O)NS(=O)(=O)c3cc(F)cc(F)c3)C2)nc1C. The van der Waals surface area contributed by atoms with E-state index in [4.69, 9.17) is 4.74 Å². The van der Waals surface area contributed by atoms with E-state index in [9.17, 15) is 32.0 Å². The summed E-state index contributed by atoms with van der Waals surface area (Å²) in [5, 5.41) is 9.42. The van der Waals surface area contributed by atoms with Crippen molar-refractivity contribution in [1.29, 1.82) is 5.26 Å². The van der Waals surface area contributed by atoms with Gasteiger partial charge in [0.05, 0.1) is 34.2 Å². The smallest absolute Gasteiger partial charge is 0.340 e. The molecule has 1 amide bonds. The molecule has 168 valence electrons. The number of sulfonamides is 1. The van der Waals surface area contributed by atoms with Gasteiger partial charge in [0.2, 0.25) is 5.91 Å². The number of ether oxygens (including phenoxy) is 1. The number of esters is 1. The number of nitriles is 1. The summed E-state index contributed by atoms with van der Waals surface area (Å²) in [5.41, 5.74) is 0.580. The van der Waals surface area contributed by atoms with E-state index < -0.39 is 44.3 Å². The average Bonchev–Trinajstić information content (AvgIpc) is 2.66. The predicted molar refractivity (Wildman–Crippen MR) is 107 cm³/mol. The Kier molecular flexibility index (Phi) is 6.40. The molecule has 0 aliphatic carbocycles. The van der Waals surface area contributed by atoms with Crippen LogP contribution in [0.2, 0.25) is 0 Å². The third-order valence-electron chi connectivity index (χ3n) is 4.74. The molecule has 3 rings (SSSR count). The quantitative estimate of drug-likeness (QED) is 0.639. The number of hydrogen-bond acceptors (Lipinski definition) is 8. The van der Waals surface area contributed by atoms with E-state index in [0.29, 0.717) is 23.9 Å². The van der Waals surface area contributed by atoms with Crippen LogP contribution in [0.5, 0.6) is 0 Å². The first-order valence-corrected chi connectivity index (χ1v) is 10.9. The zero-order valence-electron chi connectivity index (χ0n) is 17.1. The molecular weight excluding hydrogens is 446 g/mol. The number of carbonyl (C=O) groups excluding carboxylic acids is 2. The second-order valence-electron chi connectivity index (χ2n) is 7.00. The fourth-order valence-electron chi connectivity index (χ4n) is 3.11. The van der Waals surface area contributed by atoms with Gasteiger partial charge in [-0.25, -0.2) is 31.7 Å². The number of aryl methyl sites for hydroxylation is 1. The molecule has 0 spiro atoms. The van der Waals surface area contributed by atoms with Crippen molar-refractivity contribution in [2.75, 3.05) is 24.6 Å². The summed E-state index contributed by atoms with van der Waals surface area (Å²) >= 11 is 0. The Morgan fingerprint density at radius 3 is 2.44 bits per heavy atom. The number of benzene rings is 1. The molecule has 1 aromatic heterocycles. The summed E-state index contributed by atoms with van der Waals surface area (Å²) in [7, 11) is -4.47. The van der Waals surface area contributed by atoms with E-state index in [0.717, 1.165) is 0 Å². The summed E-state index contributed by atoms with van der Waals surface area (Å²) in [6, 6.07) is 5.01. The van der Waals surface area contributed by atoms with Crippen molar-refractivity contribution in [2.24, 2.45) is 5.92 Å². The maximum Gasteiger partial charge on any atom is 0.340 e. The molecule has 1 aromatic carbocycles. The second-order valence-corrected chi connectivity index (χ2v) is 8.68. The number of anilines is 1. The van der Waals surface area contributed by atoms with Gasteiger partial charge in [0.1, 0.15) is 23.5 Å². The van der Waals surface area contributed by atoms with Crippen LogP contribution in [-0.4, -0.2) is 45.0 Å². The fraction of sp³-hybridized carbons (Fsp3) is 0.300. The highest BCUT2D eigenvalue weighted by molar-refractivity contribution is 7.90. The molecule has 1 saturated heterocycles. The zero-order chi connectivity index (χ0) is 23.6. The first-order valence-electron chi connectivity index (χ1n) is 9.42. The number of carbonyl (C=O) groups is 2. The highest BCUT2D eigenvalue weighted by atomic mass is 32.2. The first kappa shape index (κ1) is 23.1. The van der Waals surface area contributed by atoms with Crippen molar-refractivity contribution in [2.45, 2.75) is 18.7 Å². The van der Waals surface area contributed by atoms with Crippen LogP contribution in [0.4, 0.5) is 14.6 Å². The zero-order valence-corrected chi connectivity index (χ0v) is 17.9. The molecule has 9 nitrogen and oxygen atoms in total. The van der Waals surface area contributed by atoms with Crippen molar-refractivity contribution < 1.29 is 31.5 Å². The number of nitrogens with one attached hydrogen (secondary N) is 1. The van der Waals surface area contributed by atoms with E-state index in [1.165, 1.54) is 6.07 Å².